The van der Waals surface area contributed by atoms with E-state index in [9.17, 15) is 14.4 Å². The predicted molar refractivity (Wildman–Crippen MR) is 206 cm³/mol. The summed E-state index contributed by atoms with van der Waals surface area (Å²) in [4.78, 5) is 37.5. The molecular formula is C43H82O6. The lowest BCUT2D eigenvalue weighted by Gasteiger charge is -2.18. The van der Waals surface area contributed by atoms with E-state index >= 15 is 0 Å². The fourth-order valence-corrected chi connectivity index (χ4v) is 6.22. The van der Waals surface area contributed by atoms with Crippen LogP contribution in [0.4, 0.5) is 0 Å². The summed E-state index contributed by atoms with van der Waals surface area (Å²) in [5.41, 5.74) is 0. The molecule has 1 atom stereocenters. The first kappa shape index (κ1) is 47.4. The minimum Gasteiger partial charge on any atom is -0.462 e. The van der Waals surface area contributed by atoms with Gasteiger partial charge in [0, 0.05) is 19.3 Å². The summed E-state index contributed by atoms with van der Waals surface area (Å²) < 4.78 is 16.6. The summed E-state index contributed by atoms with van der Waals surface area (Å²) in [6, 6.07) is 0. The van der Waals surface area contributed by atoms with Gasteiger partial charge in [0.2, 0.25) is 0 Å². The molecule has 49 heavy (non-hydrogen) atoms. The van der Waals surface area contributed by atoms with Crippen molar-refractivity contribution in [1.82, 2.24) is 0 Å². The van der Waals surface area contributed by atoms with Gasteiger partial charge in [-0.25, -0.2) is 0 Å². The molecule has 0 saturated carbocycles. The fraction of sp³-hybridized carbons (Fsp3) is 0.930. The van der Waals surface area contributed by atoms with E-state index < -0.39 is 6.10 Å². The molecule has 0 radical (unpaired) electrons. The zero-order chi connectivity index (χ0) is 36.2. The Morgan fingerprint density at radius 3 is 1.00 bits per heavy atom. The Bertz CT molecular complexity index is 749. The van der Waals surface area contributed by atoms with Crippen LogP contribution >= 0.6 is 0 Å². The molecule has 0 aromatic heterocycles. The molecule has 0 rings (SSSR count). The second-order valence-electron chi connectivity index (χ2n) is 15.6. The highest BCUT2D eigenvalue weighted by molar-refractivity contribution is 5.71. The molecule has 0 unspecified atom stereocenters. The molecule has 0 spiro atoms. The van der Waals surface area contributed by atoms with Gasteiger partial charge >= 0.3 is 17.9 Å². The highest BCUT2D eigenvalue weighted by Crippen LogP contribution is 2.16. The Balaban J connectivity index is 4.31. The van der Waals surface area contributed by atoms with Gasteiger partial charge in [-0.15, -0.1) is 0 Å². The number of esters is 3. The number of unbranched alkanes of at least 4 members (excludes halogenated alkanes) is 22. The molecule has 6 heteroatoms. The van der Waals surface area contributed by atoms with Crippen LogP contribution in [0.2, 0.25) is 0 Å². The number of carbonyl (C=O) groups is 3. The monoisotopic (exact) mass is 695 g/mol. The lowest BCUT2D eigenvalue weighted by atomic mass is 10.0. The number of hydrogen-bond donors (Lipinski definition) is 0. The van der Waals surface area contributed by atoms with E-state index in [1.54, 1.807) is 0 Å². The predicted octanol–water partition coefficient (Wildman–Crippen LogP) is 13.0. The molecule has 0 aliphatic carbocycles. The summed E-state index contributed by atoms with van der Waals surface area (Å²) in [5, 5.41) is 0. The normalized spacial score (nSPS) is 12.1. The summed E-state index contributed by atoms with van der Waals surface area (Å²) >= 11 is 0. The van der Waals surface area contributed by atoms with E-state index in [-0.39, 0.29) is 31.1 Å². The molecule has 0 aliphatic heterocycles. The average molecular weight is 695 g/mol. The van der Waals surface area contributed by atoms with Crippen molar-refractivity contribution in [3.05, 3.63) is 0 Å². The lowest BCUT2D eigenvalue weighted by Crippen LogP contribution is -2.30. The summed E-state index contributed by atoms with van der Waals surface area (Å²) in [6.07, 6.45) is 32.4. The maximum atomic E-state index is 12.6. The molecule has 0 amide bonds. The first-order valence-corrected chi connectivity index (χ1v) is 21.2. The van der Waals surface area contributed by atoms with Crippen LogP contribution in [0, 0.1) is 11.8 Å². The Hall–Kier alpha value is -1.59. The number of carbonyl (C=O) groups excluding carboxylic acids is 3. The standard InChI is InChI=1S/C43H82O6/c1-6-7-8-9-16-23-28-33-41(44)47-36-40(37-48-42(45)34-29-24-19-15-14-18-22-27-32-39(4)5)49-43(46)35-30-25-20-13-11-10-12-17-21-26-31-38(2)3/h38-40H,6-37H2,1-5H3/t40-/m1/s1. The van der Waals surface area contributed by atoms with Crippen LogP contribution in [0.15, 0.2) is 0 Å². The highest BCUT2D eigenvalue weighted by atomic mass is 16.6. The lowest BCUT2D eigenvalue weighted by molar-refractivity contribution is -0.167. The SMILES string of the molecule is CCCCCCCCCC(=O)OC[C@H](COC(=O)CCCCCCCCCCC(C)C)OC(=O)CCCCCCCCCCCCC(C)C. The molecule has 290 valence electrons. The fourth-order valence-electron chi connectivity index (χ4n) is 6.22. The van der Waals surface area contributed by atoms with Crippen LogP contribution in [0.1, 0.15) is 227 Å². The second-order valence-corrected chi connectivity index (χ2v) is 15.6. The molecule has 0 fully saturated rings. The molecular weight excluding hydrogens is 612 g/mol. The van der Waals surface area contributed by atoms with Gasteiger partial charge in [0.1, 0.15) is 13.2 Å². The summed E-state index contributed by atoms with van der Waals surface area (Å²) in [6.45, 7) is 11.2. The van der Waals surface area contributed by atoms with E-state index in [4.69, 9.17) is 14.2 Å². The molecule has 0 heterocycles. The molecule has 0 saturated heterocycles. The number of hydrogen-bond acceptors (Lipinski definition) is 6. The van der Waals surface area contributed by atoms with Gasteiger partial charge in [-0.05, 0) is 31.1 Å². The first-order valence-electron chi connectivity index (χ1n) is 21.2. The van der Waals surface area contributed by atoms with Crippen LogP contribution in [-0.4, -0.2) is 37.2 Å². The van der Waals surface area contributed by atoms with Crippen LogP contribution in [0.3, 0.4) is 0 Å². The maximum Gasteiger partial charge on any atom is 0.306 e. The summed E-state index contributed by atoms with van der Waals surface area (Å²) in [7, 11) is 0. The van der Waals surface area contributed by atoms with Crippen molar-refractivity contribution in [2.45, 2.75) is 233 Å². The van der Waals surface area contributed by atoms with Crippen LogP contribution in [0.5, 0.6) is 0 Å². The first-order chi connectivity index (χ1) is 23.7. The van der Waals surface area contributed by atoms with Crippen LogP contribution < -0.4 is 0 Å². The third kappa shape index (κ3) is 37.5. The quantitative estimate of drug-likeness (QED) is 0.0366. The molecule has 0 aromatic carbocycles. The second kappa shape index (κ2) is 36.2. The maximum absolute atomic E-state index is 12.6. The minimum absolute atomic E-state index is 0.0663. The smallest absolute Gasteiger partial charge is 0.306 e. The topological polar surface area (TPSA) is 78.9 Å². The van der Waals surface area contributed by atoms with E-state index in [0.717, 1.165) is 69.6 Å². The van der Waals surface area contributed by atoms with Crippen molar-refractivity contribution in [2.24, 2.45) is 11.8 Å². The molecule has 6 nitrogen and oxygen atoms in total. The van der Waals surface area contributed by atoms with Gasteiger partial charge < -0.3 is 14.2 Å². The van der Waals surface area contributed by atoms with Gasteiger partial charge in [0.25, 0.3) is 0 Å². The van der Waals surface area contributed by atoms with E-state index in [1.807, 2.05) is 0 Å². The Kier molecular flexibility index (Phi) is 35.0. The van der Waals surface area contributed by atoms with E-state index in [2.05, 4.69) is 34.6 Å². The Morgan fingerprint density at radius 2 is 0.673 bits per heavy atom. The van der Waals surface area contributed by atoms with Crippen molar-refractivity contribution in [3.63, 3.8) is 0 Å². The zero-order valence-corrected chi connectivity index (χ0v) is 33.3. The van der Waals surface area contributed by atoms with Crippen LogP contribution in [-0.2, 0) is 28.6 Å². The van der Waals surface area contributed by atoms with Gasteiger partial charge in [-0.3, -0.25) is 14.4 Å². The van der Waals surface area contributed by atoms with Crippen molar-refractivity contribution in [3.8, 4) is 0 Å². The van der Waals surface area contributed by atoms with Crippen molar-refractivity contribution < 1.29 is 28.6 Å². The third-order valence-corrected chi connectivity index (χ3v) is 9.47. The van der Waals surface area contributed by atoms with Gasteiger partial charge in [-0.1, -0.05) is 189 Å². The summed E-state index contributed by atoms with van der Waals surface area (Å²) in [5.74, 6) is 0.743. The van der Waals surface area contributed by atoms with Crippen molar-refractivity contribution >= 4 is 17.9 Å². The highest BCUT2D eigenvalue weighted by Gasteiger charge is 2.19. The molecule has 0 bridgehead atoms. The Labute approximate surface area is 304 Å². The number of ether oxygens (including phenoxy) is 3. The molecule has 0 aliphatic rings. The molecule has 0 aromatic rings. The van der Waals surface area contributed by atoms with Gasteiger partial charge in [0.15, 0.2) is 6.10 Å². The van der Waals surface area contributed by atoms with Gasteiger partial charge in [0.05, 0.1) is 0 Å². The average Bonchev–Trinajstić information content (AvgIpc) is 3.06. The van der Waals surface area contributed by atoms with Crippen molar-refractivity contribution in [2.75, 3.05) is 13.2 Å². The molecule has 0 N–H and O–H groups in total. The Morgan fingerprint density at radius 1 is 0.388 bits per heavy atom. The largest absolute Gasteiger partial charge is 0.462 e. The van der Waals surface area contributed by atoms with Crippen LogP contribution in [0.25, 0.3) is 0 Å². The minimum atomic E-state index is -0.759. The third-order valence-electron chi connectivity index (χ3n) is 9.47. The van der Waals surface area contributed by atoms with E-state index in [1.165, 1.54) is 116 Å². The van der Waals surface area contributed by atoms with Crippen molar-refractivity contribution in [1.29, 1.82) is 0 Å². The van der Waals surface area contributed by atoms with Gasteiger partial charge in [-0.2, -0.15) is 0 Å². The van der Waals surface area contributed by atoms with E-state index in [0.29, 0.717) is 19.3 Å². The number of rotatable bonds is 37. The zero-order valence-electron chi connectivity index (χ0n) is 33.3.